The number of hydrogen-bond acceptors (Lipinski definition) is 3. The fraction of sp³-hybridized carbons (Fsp3) is 0.118. The van der Waals surface area contributed by atoms with Gasteiger partial charge in [0, 0.05) is 18.0 Å². The molecule has 0 unspecified atom stereocenters. The van der Waals surface area contributed by atoms with Crippen LogP contribution in [0.15, 0.2) is 54.7 Å². The summed E-state index contributed by atoms with van der Waals surface area (Å²) < 4.78 is 4.54. The van der Waals surface area contributed by atoms with Crippen LogP contribution in [-0.2, 0) is 16.0 Å². The Balaban J connectivity index is 1.81. The maximum atomic E-state index is 11.0. The van der Waals surface area contributed by atoms with Gasteiger partial charge in [0.05, 0.1) is 7.11 Å². The van der Waals surface area contributed by atoms with Crippen molar-refractivity contribution in [3.05, 3.63) is 65.9 Å². The molecule has 3 rings (SSSR count). The predicted octanol–water partition coefficient (Wildman–Crippen LogP) is 3.36. The molecule has 2 aromatic rings. The minimum Gasteiger partial charge on any atom is -0.466 e. The van der Waals surface area contributed by atoms with Crippen molar-refractivity contribution in [2.24, 2.45) is 0 Å². The number of hydrogen-bond donors (Lipinski definition) is 1. The molecule has 1 N–H and O–H groups in total. The van der Waals surface area contributed by atoms with Gasteiger partial charge in [0.25, 0.3) is 0 Å². The number of anilines is 1. The lowest BCUT2D eigenvalue weighted by Gasteiger charge is -2.05. The molecule has 0 spiro atoms. The zero-order valence-corrected chi connectivity index (χ0v) is 11.2. The van der Waals surface area contributed by atoms with E-state index in [0.29, 0.717) is 0 Å². The molecule has 3 heteroatoms. The van der Waals surface area contributed by atoms with Crippen LogP contribution in [0.3, 0.4) is 0 Å². The Hall–Kier alpha value is -2.55. The first-order valence-electron chi connectivity index (χ1n) is 6.50. The van der Waals surface area contributed by atoms with Crippen LogP contribution >= 0.6 is 0 Å². The molecule has 3 nitrogen and oxygen atoms in total. The van der Waals surface area contributed by atoms with E-state index in [1.807, 2.05) is 6.07 Å². The van der Waals surface area contributed by atoms with Gasteiger partial charge in [-0.15, -0.1) is 0 Å². The van der Waals surface area contributed by atoms with Gasteiger partial charge >= 0.3 is 5.97 Å². The highest BCUT2D eigenvalue weighted by molar-refractivity contribution is 5.82. The second-order valence-corrected chi connectivity index (χ2v) is 4.71. The van der Waals surface area contributed by atoms with Crippen molar-refractivity contribution >= 4 is 11.7 Å². The summed E-state index contributed by atoms with van der Waals surface area (Å²) in [6.07, 6.45) is 3.92. The minimum absolute atomic E-state index is 0.369. The van der Waals surface area contributed by atoms with E-state index >= 15 is 0 Å². The molecule has 0 saturated carbocycles. The molecule has 0 amide bonds. The second-order valence-electron chi connectivity index (χ2n) is 4.71. The molecule has 0 fully saturated rings. The summed E-state index contributed by atoms with van der Waals surface area (Å²) in [5, 5.41) is 3.08. The van der Waals surface area contributed by atoms with Crippen LogP contribution in [0, 0.1) is 0 Å². The normalized spacial score (nSPS) is 12.1. The van der Waals surface area contributed by atoms with Crippen molar-refractivity contribution in [1.82, 2.24) is 0 Å². The molecule has 1 aliphatic rings. The van der Waals surface area contributed by atoms with Crippen LogP contribution < -0.4 is 5.32 Å². The van der Waals surface area contributed by atoms with E-state index in [1.165, 1.54) is 35.4 Å². The number of fused-ring (bicyclic) bond motifs is 3. The first-order chi connectivity index (χ1) is 9.78. The third-order valence-electron chi connectivity index (χ3n) is 3.46. The largest absolute Gasteiger partial charge is 0.466 e. The zero-order valence-electron chi connectivity index (χ0n) is 11.2. The van der Waals surface area contributed by atoms with E-state index < -0.39 is 0 Å². The topological polar surface area (TPSA) is 38.3 Å². The van der Waals surface area contributed by atoms with Gasteiger partial charge in [-0.05, 0) is 40.8 Å². The summed E-state index contributed by atoms with van der Waals surface area (Å²) >= 11 is 0. The van der Waals surface area contributed by atoms with E-state index in [0.717, 1.165) is 12.1 Å². The fourth-order valence-corrected chi connectivity index (χ4v) is 2.51. The van der Waals surface area contributed by atoms with Crippen LogP contribution in [0.2, 0.25) is 0 Å². The number of carbonyl (C=O) groups excluding carboxylic acids is 1. The molecule has 0 atom stereocenters. The standard InChI is InChI=1S/C17H15NO2/c1-20-17(19)8-9-18-14-6-7-16-13(11-14)10-12-4-2-3-5-15(12)16/h2-9,11,18H,10H2,1H3/b9-8+. The molecule has 2 aromatic carbocycles. The van der Waals surface area contributed by atoms with Gasteiger partial charge in [-0.2, -0.15) is 0 Å². The highest BCUT2D eigenvalue weighted by Crippen LogP contribution is 2.37. The third kappa shape index (κ3) is 2.30. The Morgan fingerprint density at radius 2 is 1.95 bits per heavy atom. The number of carbonyl (C=O) groups is 1. The zero-order chi connectivity index (χ0) is 13.9. The summed E-state index contributed by atoms with van der Waals surface area (Å²) in [5.41, 5.74) is 6.26. The number of methoxy groups -OCH3 is 1. The van der Waals surface area contributed by atoms with Crippen LogP contribution in [0.5, 0.6) is 0 Å². The summed E-state index contributed by atoms with van der Waals surface area (Å²) in [6, 6.07) is 14.7. The Morgan fingerprint density at radius 3 is 2.80 bits per heavy atom. The Labute approximate surface area is 117 Å². The van der Waals surface area contributed by atoms with Crippen molar-refractivity contribution in [3.63, 3.8) is 0 Å². The third-order valence-corrected chi connectivity index (χ3v) is 3.46. The van der Waals surface area contributed by atoms with Crippen molar-refractivity contribution in [2.45, 2.75) is 6.42 Å². The van der Waals surface area contributed by atoms with E-state index in [9.17, 15) is 4.79 Å². The van der Waals surface area contributed by atoms with Gasteiger partial charge in [-0.3, -0.25) is 0 Å². The van der Waals surface area contributed by atoms with Crippen molar-refractivity contribution in [3.8, 4) is 11.1 Å². The number of rotatable bonds is 3. The average molecular weight is 265 g/mol. The van der Waals surface area contributed by atoms with Crippen molar-refractivity contribution in [2.75, 3.05) is 12.4 Å². The molecule has 0 aliphatic heterocycles. The van der Waals surface area contributed by atoms with Gasteiger partial charge in [-0.25, -0.2) is 4.79 Å². The maximum absolute atomic E-state index is 11.0. The van der Waals surface area contributed by atoms with Crippen LogP contribution in [0.4, 0.5) is 5.69 Å². The van der Waals surface area contributed by atoms with Crippen LogP contribution in [0.1, 0.15) is 11.1 Å². The quantitative estimate of drug-likeness (QED) is 0.583. The number of benzene rings is 2. The summed E-state index contributed by atoms with van der Waals surface area (Å²) in [5.74, 6) is -0.369. The average Bonchev–Trinajstić information content (AvgIpc) is 2.84. The molecule has 0 heterocycles. The Kier molecular flexibility index (Phi) is 3.25. The SMILES string of the molecule is COC(=O)/C=C/Nc1ccc2c(c1)Cc1ccccc1-2. The number of nitrogens with one attached hydrogen (secondary N) is 1. The lowest BCUT2D eigenvalue weighted by molar-refractivity contribution is -0.134. The van der Waals surface area contributed by atoms with Gasteiger partial charge in [0.1, 0.15) is 0 Å². The first kappa shape index (κ1) is 12.5. The monoisotopic (exact) mass is 265 g/mol. The van der Waals surface area contributed by atoms with E-state index in [-0.39, 0.29) is 5.97 Å². The van der Waals surface area contributed by atoms with Crippen molar-refractivity contribution in [1.29, 1.82) is 0 Å². The summed E-state index contributed by atoms with van der Waals surface area (Å²) in [4.78, 5) is 11.0. The predicted molar refractivity (Wildman–Crippen MR) is 79.5 cm³/mol. The summed E-state index contributed by atoms with van der Waals surface area (Å²) in [7, 11) is 1.36. The minimum atomic E-state index is -0.369. The fourth-order valence-electron chi connectivity index (χ4n) is 2.51. The number of esters is 1. The highest BCUT2D eigenvalue weighted by Gasteiger charge is 2.17. The lowest BCUT2D eigenvalue weighted by atomic mass is 10.1. The van der Waals surface area contributed by atoms with Crippen molar-refractivity contribution < 1.29 is 9.53 Å². The molecule has 0 saturated heterocycles. The smallest absolute Gasteiger partial charge is 0.331 e. The Morgan fingerprint density at radius 1 is 1.15 bits per heavy atom. The molecule has 1 aliphatic carbocycles. The Bertz CT molecular complexity index is 689. The second kappa shape index (κ2) is 5.21. The molecule has 20 heavy (non-hydrogen) atoms. The molecule has 0 aromatic heterocycles. The van der Waals surface area contributed by atoms with E-state index in [2.05, 4.69) is 46.5 Å². The summed E-state index contributed by atoms with van der Waals surface area (Å²) in [6.45, 7) is 0. The van der Waals surface area contributed by atoms with E-state index in [1.54, 1.807) is 6.20 Å². The van der Waals surface area contributed by atoms with Gasteiger partial charge in [-0.1, -0.05) is 30.3 Å². The van der Waals surface area contributed by atoms with Crippen LogP contribution in [-0.4, -0.2) is 13.1 Å². The van der Waals surface area contributed by atoms with E-state index in [4.69, 9.17) is 0 Å². The molecular weight excluding hydrogens is 250 g/mol. The molecular formula is C17H15NO2. The molecule has 0 radical (unpaired) electrons. The molecule has 100 valence electrons. The number of ether oxygens (including phenoxy) is 1. The first-order valence-corrected chi connectivity index (χ1v) is 6.50. The highest BCUT2D eigenvalue weighted by atomic mass is 16.5. The molecule has 0 bridgehead atoms. The van der Waals surface area contributed by atoms with Gasteiger partial charge in [0.2, 0.25) is 0 Å². The van der Waals surface area contributed by atoms with Crippen LogP contribution in [0.25, 0.3) is 11.1 Å². The van der Waals surface area contributed by atoms with Gasteiger partial charge < -0.3 is 10.1 Å². The lowest BCUT2D eigenvalue weighted by Crippen LogP contribution is -1.96. The van der Waals surface area contributed by atoms with Gasteiger partial charge in [0.15, 0.2) is 0 Å². The maximum Gasteiger partial charge on any atom is 0.331 e.